The summed E-state index contributed by atoms with van der Waals surface area (Å²) < 4.78 is 7.25. The number of rotatable bonds is 4. The first-order chi connectivity index (χ1) is 8.93. The van der Waals surface area contributed by atoms with Crippen LogP contribution in [0.4, 0.5) is 5.69 Å². The van der Waals surface area contributed by atoms with Gasteiger partial charge in [-0.15, -0.1) is 5.10 Å². The van der Waals surface area contributed by atoms with E-state index in [1.165, 1.54) is 0 Å². The Balaban J connectivity index is 1.75. The van der Waals surface area contributed by atoms with Gasteiger partial charge in [-0.05, 0) is 35.4 Å². The molecule has 94 valence electrons. The summed E-state index contributed by atoms with van der Waals surface area (Å²) in [5.74, 6) is 0. The first-order valence-corrected chi connectivity index (χ1v) is 6.11. The van der Waals surface area contributed by atoms with E-state index in [1.807, 2.05) is 24.3 Å². The summed E-state index contributed by atoms with van der Waals surface area (Å²) in [4.78, 5) is 0. The van der Waals surface area contributed by atoms with Crippen LogP contribution in [0.1, 0.15) is 12.8 Å². The number of benzene rings is 1. The molecule has 3 rings (SSSR count). The van der Waals surface area contributed by atoms with Gasteiger partial charge in [0.2, 0.25) is 0 Å². The second-order valence-corrected chi connectivity index (χ2v) is 4.29. The lowest BCUT2D eigenvalue weighted by Crippen LogP contribution is -2.19. The van der Waals surface area contributed by atoms with Crippen molar-refractivity contribution in [2.75, 3.05) is 18.5 Å². The molecule has 1 unspecified atom stereocenters. The van der Waals surface area contributed by atoms with Crippen LogP contribution >= 0.6 is 0 Å². The van der Waals surface area contributed by atoms with Crippen molar-refractivity contribution in [2.45, 2.75) is 18.9 Å². The maximum absolute atomic E-state index is 5.60. The molecular weight excluding hydrogens is 230 g/mol. The van der Waals surface area contributed by atoms with E-state index in [4.69, 9.17) is 4.74 Å². The smallest absolute Gasteiger partial charge is 0.143 e. The second kappa shape index (κ2) is 5.14. The lowest BCUT2D eigenvalue weighted by molar-refractivity contribution is 0.120. The lowest BCUT2D eigenvalue weighted by Gasteiger charge is -2.14. The van der Waals surface area contributed by atoms with Gasteiger partial charge in [0.1, 0.15) is 6.33 Å². The number of para-hydroxylation sites is 2. The predicted octanol–water partition coefficient (Wildman–Crippen LogP) is 1.25. The van der Waals surface area contributed by atoms with E-state index in [9.17, 15) is 0 Å². The molecule has 0 amide bonds. The van der Waals surface area contributed by atoms with Crippen LogP contribution in [0.3, 0.4) is 0 Å². The standard InChI is InChI=1S/C12H15N5O/c1-2-6-12(17-9-14-15-16-17)11(5-1)13-8-10-4-3-7-18-10/h1-2,5-6,9-10,13H,3-4,7-8H2. The number of anilines is 1. The van der Waals surface area contributed by atoms with Gasteiger partial charge in [0, 0.05) is 13.2 Å². The van der Waals surface area contributed by atoms with E-state index in [0.29, 0.717) is 6.10 Å². The Morgan fingerprint density at radius 2 is 2.33 bits per heavy atom. The Bertz CT molecular complexity index is 493. The highest BCUT2D eigenvalue weighted by atomic mass is 16.5. The summed E-state index contributed by atoms with van der Waals surface area (Å²) in [6.07, 6.45) is 4.18. The molecule has 6 heteroatoms. The molecule has 2 heterocycles. The highest BCUT2D eigenvalue weighted by molar-refractivity contribution is 5.60. The van der Waals surface area contributed by atoms with Crippen LogP contribution in [-0.2, 0) is 4.74 Å². The van der Waals surface area contributed by atoms with Crippen molar-refractivity contribution in [2.24, 2.45) is 0 Å². The first kappa shape index (κ1) is 11.2. The summed E-state index contributed by atoms with van der Waals surface area (Å²) in [6, 6.07) is 7.96. The summed E-state index contributed by atoms with van der Waals surface area (Å²) in [5, 5.41) is 14.6. The molecule has 1 aromatic heterocycles. The van der Waals surface area contributed by atoms with Gasteiger partial charge < -0.3 is 10.1 Å². The van der Waals surface area contributed by atoms with Gasteiger partial charge >= 0.3 is 0 Å². The summed E-state index contributed by atoms with van der Waals surface area (Å²) in [6.45, 7) is 1.69. The molecule has 0 bridgehead atoms. The normalized spacial score (nSPS) is 19.0. The van der Waals surface area contributed by atoms with E-state index < -0.39 is 0 Å². The zero-order chi connectivity index (χ0) is 12.2. The monoisotopic (exact) mass is 245 g/mol. The summed E-state index contributed by atoms with van der Waals surface area (Å²) in [7, 11) is 0. The number of nitrogens with zero attached hydrogens (tertiary/aromatic N) is 4. The number of nitrogens with one attached hydrogen (secondary N) is 1. The Labute approximate surface area is 105 Å². The molecule has 0 spiro atoms. The predicted molar refractivity (Wildman–Crippen MR) is 66.6 cm³/mol. The molecular formula is C12H15N5O. The fourth-order valence-electron chi connectivity index (χ4n) is 2.12. The van der Waals surface area contributed by atoms with E-state index in [2.05, 4.69) is 20.8 Å². The van der Waals surface area contributed by atoms with Crippen molar-refractivity contribution in [1.29, 1.82) is 0 Å². The minimum absolute atomic E-state index is 0.312. The Morgan fingerprint density at radius 3 is 3.11 bits per heavy atom. The number of hydrogen-bond donors (Lipinski definition) is 1. The minimum Gasteiger partial charge on any atom is -0.381 e. The molecule has 1 aromatic carbocycles. The van der Waals surface area contributed by atoms with Crippen molar-refractivity contribution in [1.82, 2.24) is 20.2 Å². The average molecular weight is 245 g/mol. The van der Waals surface area contributed by atoms with Crippen molar-refractivity contribution in [3.05, 3.63) is 30.6 Å². The maximum Gasteiger partial charge on any atom is 0.143 e. The number of tetrazole rings is 1. The van der Waals surface area contributed by atoms with Crippen LogP contribution in [0.15, 0.2) is 30.6 Å². The van der Waals surface area contributed by atoms with E-state index in [0.717, 1.165) is 37.4 Å². The number of ether oxygens (including phenoxy) is 1. The fraction of sp³-hybridized carbons (Fsp3) is 0.417. The van der Waals surface area contributed by atoms with Crippen LogP contribution < -0.4 is 5.32 Å². The maximum atomic E-state index is 5.60. The molecule has 1 atom stereocenters. The Morgan fingerprint density at radius 1 is 1.39 bits per heavy atom. The molecule has 0 saturated carbocycles. The number of hydrogen-bond acceptors (Lipinski definition) is 5. The van der Waals surface area contributed by atoms with Gasteiger partial charge in [-0.2, -0.15) is 4.68 Å². The highest BCUT2D eigenvalue weighted by Gasteiger charge is 2.15. The topological polar surface area (TPSA) is 64.9 Å². The van der Waals surface area contributed by atoms with Gasteiger partial charge in [-0.1, -0.05) is 12.1 Å². The van der Waals surface area contributed by atoms with Crippen LogP contribution in [-0.4, -0.2) is 39.5 Å². The largest absolute Gasteiger partial charge is 0.381 e. The van der Waals surface area contributed by atoms with Gasteiger partial charge in [0.25, 0.3) is 0 Å². The summed E-state index contributed by atoms with van der Waals surface area (Å²) in [5.41, 5.74) is 1.96. The molecule has 1 aliphatic rings. The number of aromatic nitrogens is 4. The quantitative estimate of drug-likeness (QED) is 0.878. The molecule has 1 aliphatic heterocycles. The van der Waals surface area contributed by atoms with Crippen molar-refractivity contribution >= 4 is 5.69 Å². The van der Waals surface area contributed by atoms with Gasteiger partial charge in [-0.3, -0.25) is 0 Å². The third-order valence-electron chi connectivity index (χ3n) is 3.04. The van der Waals surface area contributed by atoms with Gasteiger partial charge in [0.05, 0.1) is 17.5 Å². The van der Waals surface area contributed by atoms with Crippen molar-refractivity contribution in [3.63, 3.8) is 0 Å². The van der Waals surface area contributed by atoms with Crippen LogP contribution in [0.25, 0.3) is 5.69 Å². The van der Waals surface area contributed by atoms with Crippen molar-refractivity contribution in [3.8, 4) is 5.69 Å². The van der Waals surface area contributed by atoms with E-state index in [1.54, 1.807) is 11.0 Å². The average Bonchev–Trinajstić information content (AvgIpc) is 3.10. The van der Waals surface area contributed by atoms with Crippen LogP contribution in [0, 0.1) is 0 Å². The molecule has 0 aliphatic carbocycles. The summed E-state index contributed by atoms with van der Waals surface area (Å²) >= 11 is 0. The van der Waals surface area contributed by atoms with Crippen LogP contribution in [0.5, 0.6) is 0 Å². The SMILES string of the molecule is c1ccc(-n2cnnn2)c(NCC2CCCO2)c1. The van der Waals surface area contributed by atoms with E-state index >= 15 is 0 Å². The molecule has 6 nitrogen and oxygen atoms in total. The molecule has 1 fully saturated rings. The third-order valence-corrected chi connectivity index (χ3v) is 3.04. The molecule has 1 saturated heterocycles. The Hall–Kier alpha value is -1.95. The van der Waals surface area contributed by atoms with Crippen molar-refractivity contribution < 1.29 is 4.74 Å². The lowest BCUT2D eigenvalue weighted by atomic mass is 10.2. The zero-order valence-corrected chi connectivity index (χ0v) is 9.99. The van der Waals surface area contributed by atoms with E-state index in [-0.39, 0.29) is 0 Å². The molecule has 0 radical (unpaired) electrons. The van der Waals surface area contributed by atoms with Gasteiger partial charge in [0.15, 0.2) is 0 Å². The molecule has 1 N–H and O–H groups in total. The second-order valence-electron chi connectivity index (χ2n) is 4.29. The Kier molecular flexibility index (Phi) is 3.18. The van der Waals surface area contributed by atoms with Gasteiger partial charge in [-0.25, -0.2) is 0 Å². The fourth-order valence-corrected chi connectivity index (χ4v) is 2.12. The molecule has 2 aromatic rings. The zero-order valence-electron chi connectivity index (χ0n) is 9.99. The minimum atomic E-state index is 0.312. The molecule has 18 heavy (non-hydrogen) atoms. The first-order valence-electron chi connectivity index (χ1n) is 6.11. The third kappa shape index (κ3) is 2.33. The highest BCUT2D eigenvalue weighted by Crippen LogP contribution is 2.20. The van der Waals surface area contributed by atoms with Crippen LogP contribution in [0.2, 0.25) is 0 Å².